The van der Waals surface area contributed by atoms with E-state index in [1.54, 1.807) is 0 Å². The summed E-state index contributed by atoms with van der Waals surface area (Å²) >= 11 is 3.56. The minimum atomic E-state index is -1.07. The van der Waals surface area contributed by atoms with Gasteiger partial charge in [-0.2, -0.15) is 0 Å². The van der Waals surface area contributed by atoms with Crippen molar-refractivity contribution in [1.82, 2.24) is 0 Å². The van der Waals surface area contributed by atoms with Crippen LogP contribution in [0.25, 0.3) is 0 Å². The molecule has 136 valence electrons. The first-order valence-corrected chi connectivity index (χ1v) is 9.39. The highest BCUT2D eigenvalue weighted by atomic mass is 79.9. The highest BCUT2D eigenvalue weighted by Gasteiger charge is 2.55. The molecule has 26 heavy (non-hydrogen) atoms. The van der Waals surface area contributed by atoms with Gasteiger partial charge < -0.3 is 9.47 Å². The molecule has 0 aliphatic carbocycles. The molecule has 0 bridgehead atoms. The number of carbonyl (C=O) groups excluding carboxylic acids is 1. The van der Waals surface area contributed by atoms with E-state index in [2.05, 4.69) is 46.5 Å². The number of aryl methyl sites for hydroxylation is 2. The molecule has 2 aromatic carbocycles. The molecule has 2 aromatic rings. The monoisotopic (exact) mass is 416 g/mol. The summed E-state index contributed by atoms with van der Waals surface area (Å²) in [7, 11) is 0. The van der Waals surface area contributed by atoms with E-state index >= 15 is 0 Å². The Labute approximate surface area is 162 Å². The van der Waals surface area contributed by atoms with E-state index in [0.717, 1.165) is 26.9 Å². The highest BCUT2D eigenvalue weighted by molar-refractivity contribution is 9.10. The summed E-state index contributed by atoms with van der Waals surface area (Å²) in [6.45, 7) is 9.38. The third-order valence-corrected chi connectivity index (χ3v) is 5.19. The van der Waals surface area contributed by atoms with E-state index < -0.39 is 5.79 Å². The molecule has 0 amide bonds. The maximum Gasteiger partial charge on any atom is 0.379 e. The SMILES string of the molecule is CC(=O)OC1(C)OC(c2ccccc2)=[N+](c2c(C)cc(Br)cc2C)C1C. The van der Waals surface area contributed by atoms with Crippen molar-refractivity contribution in [3.63, 3.8) is 0 Å². The summed E-state index contributed by atoms with van der Waals surface area (Å²) in [5.41, 5.74) is 4.24. The summed E-state index contributed by atoms with van der Waals surface area (Å²) in [6.07, 6.45) is 0. The predicted molar refractivity (Wildman–Crippen MR) is 105 cm³/mol. The van der Waals surface area contributed by atoms with Gasteiger partial charge >= 0.3 is 17.7 Å². The molecule has 3 rings (SSSR count). The third-order valence-electron chi connectivity index (χ3n) is 4.73. The topological polar surface area (TPSA) is 38.5 Å². The Balaban J connectivity index is 2.24. The number of carbonyl (C=O) groups is 1. The van der Waals surface area contributed by atoms with Crippen molar-refractivity contribution in [2.75, 3.05) is 0 Å². The number of esters is 1. The lowest BCUT2D eigenvalue weighted by atomic mass is 10.0. The van der Waals surface area contributed by atoms with Crippen LogP contribution in [0.1, 0.15) is 37.5 Å². The number of hydrogen-bond acceptors (Lipinski definition) is 3. The Bertz CT molecular complexity index is 868. The number of ether oxygens (including phenoxy) is 2. The van der Waals surface area contributed by atoms with Gasteiger partial charge in [-0.05, 0) is 38.1 Å². The maximum atomic E-state index is 11.7. The van der Waals surface area contributed by atoms with Crippen LogP contribution in [0.15, 0.2) is 46.9 Å². The van der Waals surface area contributed by atoms with Crippen LogP contribution in [0.5, 0.6) is 0 Å². The molecule has 0 N–H and O–H groups in total. The van der Waals surface area contributed by atoms with Gasteiger partial charge in [0.2, 0.25) is 11.7 Å². The maximum absolute atomic E-state index is 11.7. The first kappa shape index (κ1) is 18.6. The smallest absolute Gasteiger partial charge is 0.379 e. The molecule has 0 aromatic heterocycles. The number of benzene rings is 2. The quantitative estimate of drug-likeness (QED) is 0.529. The van der Waals surface area contributed by atoms with Gasteiger partial charge in [-0.15, -0.1) is 4.58 Å². The fourth-order valence-electron chi connectivity index (χ4n) is 3.49. The van der Waals surface area contributed by atoms with Crippen molar-refractivity contribution in [2.24, 2.45) is 0 Å². The zero-order chi connectivity index (χ0) is 19.1. The molecule has 2 atom stereocenters. The molecular weight excluding hydrogens is 394 g/mol. The molecule has 0 fully saturated rings. The van der Waals surface area contributed by atoms with E-state index in [9.17, 15) is 4.79 Å². The Morgan fingerprint density at radius 3 is 2.31 bits per heavy atom. The van der Waals surface area contributed by atoms with Gasteiger partial charge in [0.1, 0.15) is 0 Å². The summed E-state index contributed by atoms with van der Waals surface area (Å²) in [6, 6.07) is 13.9. The van der Waals surface area contributed by atoms with Crippen LogP contribution in [0.2, 0.25) is 0 Å². The molecule has 0 saturated heterocycles. The second kappa shape index (κ2) is 6.88. The third kappa shape index (κ3) is 3.28. The fourth-order valence-corrected chi connectivity index (χ4v) is 4.17. The van der Waals surface area contributed by atoms with Gasteiger partial charge in [-0.3, -0.25) is 4.79 Å². The largest absolute Gasteiger partial charge is 0.416 e. The lowest BCUT2D eigenvalue weighted by molar-refractivity contribution is -0.491. The lowest BCUT2D eigenvalue weighted by Gasteiger charge is -2.24. The zero-order valence-corrected chi connectivity index (χ0v) is 17.3. The summed E-state index contributed by atoms with van der Waals surface area (Å²) in [4.78, 5) is 11.7. The minimum Gasteiger partial charge on any atom is -0.416 e. The van der Waals surface area contributed by atoms with Crippen molar-refractivity contribution in [3.05, 3.63) is 63.6 Å². The van der Waals surface area contributed by atoms with Crippen molar-refractivity contribution in [2.45, 2.75) is 46.4 Å². The van der Waals surface area contributed by atoms with E-state index in [1.807, 2.05) is 44.2 Å². The molecular formula is C21H23BrNO3+. The predicted octanol–water partition coefficient (Wildman–Crippen LogP) is 4.85. The van der Waals surface area contributed by atoms with Gasteiger partial charge in [-0.1, -0.05) is 34.1 Å². The Hall–Kier alpha value is -2.14. The van der Waals surface area contributed by atoms with Gasteiger partial charge in [0, 0.05) is 36.4 Å². The van der Waals surface area contributed by atoms with Crippen LogP contribution in [0.4, 0.5) is 5.69 Å². The number of rotatable bonds is 3. The Morgan fingerprint density at radius 2 is 1.77 bits per heavy atom. The van der Waals surface area contributed by atoms with Crippen LogP contribution in [-0.4, -0.2) is 28.3 Å². The molecule has 4 nitrogen and oxygen atoms in total. The molecule has 0 saturated carbocycles. The highest BCUT2D eigenvalue weighted by Crippen LogP contribution is 2.37. The van der Waals surface area contributed by atoms with E-state index in [4.69, 9.17) is 9.47 Å². The van der Waals surface area contributed by atoms with Crippen molar-refractivity contribution in [3.8, 4) is 0 Å². The second-order valence-corrected chi connectivity index (χ2v) is 7.73. The minimum absolute atomic E-state index is 0.194. The first-order chi connectivity index (χ1) is 12.2. The summed E-state index contributed by atoms with van der Waals surface area (Å²) in [5.74, 6) is -0.739. The molecule has 1 aliphatic heterocycles. The van der Waals surface area contributed by atoms with Crippen LogP contribution < -0.4 is 0 Å². The standard InChI is InChI=1S/C21H23BrNO3/c1-13-11-18(22)12-14(2)19(13)23-15(3)21(5,25-16(4)24)26-20(23)17-9-7-6-8-10-17/h6-12,15H,1-5H3/q+1. The van der Waals surface area contributed by atoms with Gasteiger partial charge in [-0.25, -0.2) is 0 Å². The summed E-state index contributed by atoms with van der Waals surface area (Å²) < 4.78 is 15.0. The van der Waals surface area contributed by atoms with Crippen LogP contribution in [-0.2, 0) is 14.3 Å². The van der Waals surface area contributed by atoms with Crippen LogP contribution >= 0.6 is 15.9 Å². The van der Waals surface area contributed by atoms with Crippen LogP contribution in [0, 0.1) is 13.8 Å². The van der Waals surface area contributed by atoms with Crippen molar-refractivity contribution >= 4 is 33.5 Å². The van der Waals surface area contributed by atoms with Gasteiger partial charge in [0.05, 0.1) is 5.56 Å². The lowest BCUT2D eigenvalue weighted by Crippen LogP contribution is -2.43. The first-order valence-electron chi connectivity index (χ1n) is 8.60. The van der Waals surface area contributed by atoms with Crippen molar-refractivity contribution in [1.29, 1.82) is 0 Å². The van der Waals surface area contributed by atoms with Gasteiger partial charge in [0.25, 0.3) is 0 Å². The Morgan fingerprint density at radius 1 is 1.19 bits per heavy atom. The number of nitrogens with zero attached hydrogens (tertiary/aromatic N) is 1. The second-order valence-electron chi connectivity index (χ2n) is 6.82. The van der Waals surface area contributed by atoms with E-state index in [-0.39, 0.29) is 12.0 Å². The normalized spacial score (nSPS) is 22.3. The molecule has 2 unspecified atom stereocenters. The fraction of sp³-hybridized carbons (Fsp3) is 0.333. The molecule has 1 heterocycles. The molecule has 1 aliphatic rings. The van der Waals surface area contributed by atoms with Crippen LogP contribution in [0.3, 0.4) is 0 Å². The van der Waals surface area contributed by atoms with E-state index in [0.29, 0.717) is 5.90 Å². The zero-order valence-electron chi connectivity index (χ0n) is 15.7. The Kier molecular flexibility index (Phi) is 4.93. The number of halogens is 1. The average Bonchev–Trinajstić information content (AvgIpc) is 2.79. The molecule has 0 spiro atoms. The molecule has 0 radical (unpaired) electrons. The molecule has 5 heteroatoms. The van der Waals surface area contributed by atoms with Gasteiger partial charge in [0.15, 0.2) is 0 Å². The average molecular weight is 417 g/mol. The number of hydrogen-bond donors (Lipinski definition) is 0. The summed E-state index contributed by atoms with van der Waals surface area (Å²) in [5, 5.41) is 0. The van der Waals surface area contributed by atoms with Crippen molar-refractivity contribution < 1.29 is 18.8 Å². The van der Waals surface area contributed by atoms with E-state index in [1.165, 1.54) is 6.92 Å².